The zero-order valence-corrected chi connectivity index (χ0v) is 15.6. The van der Waals surface area contributed by atoms with Gasteiger partial charge in [-0.3, -0.25) is 19.4 Å². The van der Waals surface area contributed by atoms with E-state index in [1.165, 1.54) is 17.3 Å². The molecule has 0 radical (unpaired) electrons. The standard InChI is InChI=1S/C21H22N4O3/c26-15-23-9-11-24(12-10-23)21(28)19-13-17(5-7-22-19)20(27)25-8-6-16-3-1-2-4-18(16)14-25/h1-5,7,13,15H,6,8-12,14H2. The van der Waals surface area contributed by atoms with Gasteiger partial charge in [-0.2, -0.15) is 0 Å². The summed E-state index contributed by atoms with van der Waals surface area (Å²) in [5.41, 5.74) is 3.19. The van der Waals surface area contributed by atoms with E-state index in [1.807, 2.05) is 17.0 Å². The first-order valence-electron chi connectivity index (χ1n) is 9.46. The summed E-state index contributed by atoms with van der Waals surface area (Å²) >= 11 is 0. The molecule has 28 heavy (non-hydrogen) atoms. The summed E-state index contributed by atoms with van der Waals surface area (Å²) in [5.74, 6) is -0.291. The molecule has 7 nitrogen and oxygen atoms in total. The molecule has 1 fully saturated rings. The summed E-state index contributed by atoms with van der Waals surface area (Å²) in [4.78, 5) is 45.8. The predicted molar refractivity (Wildman–Crippen MR) is 103 cm³/mol. The number of amides is 3. The highest BCUT2D eigenvalue weighted by atomic mass is 16.2. The van der Waals surface area contributed by atoms with Crippen molar-refractivity contribution in [2.24, 2.45) is 0 Å². The molecule has 0 saturated carbocycles. The fraction of sp³-hybridized carbons (Fsp3) is 0.333. The molecule has 7 heteroatoms. The van der Waals surface area contributed by atoms with Crippen LogP contribution in [-0.4, -0.2) is 70.6 Å². The van der Waals surface area contributed by atoms with E-state index in [-0.39, 0.29) is 17.5 Å². The number of hydrogen-bond donors (Lipinski definition) is 0. The lowest BCUT2D eigenvalue weighted by atomic mass is 9.99. The van der Waals surface area contributed by atoms with E-state index < -0.39 is 0 Å². The SMILES string of the molecule is O=CN1CCN(C(=O)c2cc(C(=O)N3CCc4ccccc4C3)ccn2)CC1. The number of pyridine rings is 1. The highest BCUT2D eigenvalue weighted by molar-refractivity contribution is 5.98. The van der Waals surface area contributed by atoms with Crippen LogP contribution in [0.25, 0.3) is 0 Å². The average molecular weight is 378 g/mol. The van der Waals surface area contributed by atoms with E-state index in [9.17, 15) is 14.4 Å². The molecule has 0 bridgehead atoms. The average Bonchev–Trinajstić information content (AvgIpc) is 2.78. The van der Waals surface area contributed by atoms with Gasteiger partial charge in [-0.1, -0.05) is 24.3 Å². The first kappa shape index (κ1) is 18.2. The molecular formula is C21H22N4O3. The van der Waals surface area contributed by atoms with Crippen molar-refractivity contribution in [2.45, 2.75) is 13.0 Å². The molecule has 1 saturated heterocycles. The molecule has 3 heterocycles. The Bertz CT molecular complexity index is 906. The Morgan fingerprint density at radius 1 is 0.893 bits per heavy atom. The minimum absolute atomic E-state index is 0.0864. The van der Waals surface area contributed by atoms with Crippen LogP contribution in [0, 0.1) is 0 Å². The summed E-state index contributed by atoms with van der Waals surface area (Å²) in [6, 6.07) is 11.4. The quantitative estimate of drug-likeness (QED) is 0.752. The van der Waals surface area contributed by atoms with Gasteiger partial charge in [0.2, 0.25) is 6.41 Å². The molecule has 0 unspecified atom stereocenters. The van der Waals surface area contributed by atoms with Gasteiger partial charge in [-0.25, -0.2) is 0 Å². The van der Waals surface area contributed by atoms with E-state index in [2.05, 4.69) is 17.1 Å². The number of fused-ring (bicyclic) bond motifs is 1. The van der Waals surface area contributed by atoms with Gasteiger partial charge in [0.1, 0.15) is 5.69 Å². The van der Waals surface area contributed by atoms with Gasteiger partial charge in [-0.15, -0.1) is 0 Å². The zero-order valence-electron chi connectivity index (χ0n) is 15.6. The molecule has 0 aliphatic carbocycles. The second kappa shape index (κ2) is 7.80. The van der Waals surface area contributed by atoms with Gasteiger partial charge >= 0.3 is 0 Å². The van der Waals surface area contributed by atoms with Crippen LogP contribution in [0.3, 0.4) is 0 Å². The number of aromatic nitrogens is 1. The van der Waals surface area contributed by atoms with E-state index in [1.54, 1.807) is 21.9 Å². The second-order valence-corrected chi connectivity index (χ2v) is 7.11. The van der Waals surface area contributed by atoms with Crippen LogP contribution < -0.4 is 0 Å². The molecule has 2 aromatic rings. The first-order valence-corrected chi connectivity index (χ1v) is 9.46. The van der Waals surface area contributed by atoms with Crippen LogP contribution in [0.15, 0.2) is 42.6 Å². The van der Waals surface area contributed by atoms with Crippen molar-refractivity contribution in [3.8, 4) is 0 Å². The Labute approximate surface area is 163 Å². The Kier molecular flexibility index (Phi) is 5.06. The van der Waals surface area contributed by atoms with Gasteiger partial charge in [0, 0.05) is 51.0 Å². The minimum Gasteiger partial charge on any atom is -0.342 e. The summed E-state index contributed by atoms with van der Waals surface area (Å²) in [7, 11) is 0. The van der Waals surface area contributed by atoms with E-state index in [0.29, 0.717) is 44.8 Å². The molecule has 4 rings (SSSR count). The van der Waals surface area contributed by atoms with Crippen LogP contribution in [0.4, 0.5) is 0 Å². The Hall–Kier alpha value is -3.22. The number of carbonyl (C=O) groups excluding carboxylic acids is 3. The number of benzene rings is 1. The van der Waals surface area contributed by atoms with Crippen molar-refractivity contribution in [3.63, 3.8) is 0 Å². The van der Waals surface area contributed by atoms with Crippen molar-refractivity contribution < 1.29 is 14.4 Å². The van der Waals surface area contributed by atoms with Gasteiger partial charge in [0.25, 0.3) is 11.8 Å². The van der Waals surface area contributed by atoms with Gasteiger partial charge in [0.15, 0.2) is 0 Å². The molecule has 2 aliphatic rings. The lowest BCUT2D eigenvalue weighted by Crippen LogP contribution is -2.48. The fourth-order valence-corrected chi connectivity index (χ4v) is 3.72. The number of carbonyl (C=O) groups is 3. The van der Waals surface area contributed by atoms with Crippen molar-refractivity contribution in [3.05, 3.63) is 65.0 Å². The van der Waals surface area contributed by atoms with Gasteiger partial charge < -0.3 is 14.7 Å². The fourth-order valence-electron chi connectivity index (χ4n) is 3.72. The summed E-state index contributed by atoms with van der Waals surface area (Å²) < 4.78 is 0. The maximum Gasteiger partial charge on any atom is 0.272 e. The first-order chi connectivity index (χ1) is 13.7. The van der Waals surface area contributed by atoms with Crippen LogP contribution in [0.1, 0.15) is 32.0 Å². The molecule has 0 atom stereocenters. The lowest BCUT2D eigenvalue weighted by Gasteiger charge is -2.32. The van der Waals surface area contributed by atoms with E-state index in [0.717, 1.165) is 12.8 Å². The third-order valence-corrected chi connectivity index (χ3v) is 5.39. The minimum atomic E-state index is -0.204. The van der Waals surface area contributed by atoms with Crippen molar-refractivity contribution >= 4 is 18.2 Å². The van der Waals surface area contributed by atoms with Crippen molar-refractivity contribution in [2.75, 3.05) is 32.7 Å². The van der Waals surface area contributed by atoms with Crippen molar-refractivity contribution in [1.82, 2.24) is 19.7 Å². The zero-order chi connectivity index (χ0) is 19.5. The van der Waals surface area contributed by atoms with E-state index in [4.69, 9.17) is 0 Å². The smallest absolute Gasteiger partial charge is 0.272 e. The highest BCUT2D eigenvalue weighted by Gasteiger charge is 2.25. The van der Waals surface area contributed by atoms with Crippen molar-refractivity contribution in [1.29, 1.82) is 0 Å². The molecule has 1 aromatic heterocycles. The van der Waals surface area contributed by atoms with Crippen LogP contribution in [-0.2, 0) is 17.8 Å². The number of piperazine rings is 1. The molecule has 0 N–H and O–H groups in total. The lowest BCUT2D eigenvalue weighted by molar-refractivity contribution is -0.119. The molecule has 1 aromatic carbocycles. The highest BCUT2D eigenvalue weighted by Crippen LogP contribution is 2.20. The molecular weight excluding hydrogens is 356 g/mol. The third kappa shape index (κ3) is 3.60. The Balaban J connectivity index is 1.47. The van der Waals surface area contributed by atoms with E-state index >= 15 is 0 Å². The van der Waals surface area contributed by atoms with Crippen LogP contribution in [0.2, 0.25) is 0 Å². The monoisotopic (exact) mass is 378 g/mol. The summed E-state index contributed by atoms with van der Waals surface area (Å²) in [6.45, 7) is 3.21. The summed E-state index contributed by atoms with van der Waals surface area (Å²) in [6.07, 6.45) is 3.15. The number of nitrogens with zero attached hydrogens (tertiary/aromatic N) is 4. The summed E-state index contributed by atoms with van der Waals surface area (Å²) in [5, 5.41) is 0. The Morgan fingerprint density at radius 3 is 2.39 bits per heavy atom. The van der Waals surface area contributed by atoms with Gasteiger partial charge in [0.05, 0.1) is 0 Å². The third-order valence-electron chi connectivity index (χ3n) is 5.39. The second-order valence-electron chi connectivity index (χ2n) is 7.11. The largest absolute Gasteiger partial charge is 0.342 e. The molecule has 0 spiro atoms. The number of hydrogen-bond acceptors (Lipinski definition) is 4. The maximum atomic E-state index is 13.0. The van der Waals surface area contributed by atoms with Crippen LogP contribution in [0.5, 0.6) is 0 Å². The molecule has 144 valence electrons. The number of rotatable bonds is 3. The molecule has 2 aliphatic heterocycles. The van der Waals surface area contributed by atoms with Gasteiger partial charge in [-0.05, 0) is 29.7 Å². The maximum absolute atomic E-state index is 13.0. The van der Waals surface area contributed by atoms with Crippen LogP contribution >= 0.6 is 0 Å². The normalized spacial score (nSPS) is 16.5. The molecule has 3 amide bonds. The predicted octanol–water partition coefficient (Wildman–Crippen LogP) is 1.19. The topological polar surface area (TPSA) is 73.8 Å². The Morgan fingerprint density at radius 2 is 1.64 bits per heavy atom.